The second-order valence-electron chi connectivity index (χ2n) is 3.97. The van der Waals surface area contributed by atoms with E-state index in [2.05, 4.69) is 0 Å². The van der Waals surface area contributed by atoms with Crippen molar-refractivity contribution in [2.45, 2.75) is 4.90 Å². The average Bonchev–Trinajstić information content (AvgIpc) is 2.83. The van der Waals surface area contributed by atoms with Crippen molar-refractivity contribution in [1.82, 2.24) is 4.57 Å². The Bertz CT molecular complexity index is 605. The Morgan fingerprint density at radius 1 is 1.32 bits per heavy atom. The van der Waals surface area contributed by atoms with E-state index in [9.17, 15) is 14.9 Å². The third-order valence-electron chi connectivity index (χ3n) is 2.65. The minimum atomic E-state index is -0.441. The van der Waals surface area contributed by atoms with Gasteiger partial charge in [-0.1, -0.05) is 0 Å². The minimum absolute atomic E-state index is 0.0378. The Balaban J connectivity index is 1.97. The van der Waals surface area contributed by atoms with E-state index in [1.807, 2.05) is 19.3 Å². The molecule has 1 aromatic carbocycles. The maximum Gasteiger partial charge on any atom is 0.269 e. The largest absolute Gasteiger partial charge is 0.348 e. The number of rotatable bonds is 5. The van der Waals surface area contributed by atoms with Gasteiger partial charge in [0.2, 0.25) is 0 Å². The van der Waals surface area contributed by atoms with Crippen molar-refractivity contribution >= 4 is 23.2 Å². The van der Waals surface area contributed by atoms with E-state index in [4.69, 9.17) is 0 Å². The van der Waals surface area contributed by atoms with Crippen LogP contribution in [0.2, 0.25) is 0 Å². The first-order valence-corrected chi connectivity index (χ1v) is 6.58. The van der Waals surface area contributed by atoms with Crippen molar-refractivity contribution in [2.75, 3.05) is 5.75 Å². The van der Waals surface area contributed by atoms with Gasteiger partial charge in [0.05, 0.1) is 16.4 Å². The van der Waals surface area contributed by atoms with Crippen molar-refractivity contribution in [3.8, 4) is 0 Å². The van der Waals surface area contributed by atoms with Crippen LogP contribution in [-0.2, 0) is 7.05 Å². The fourth-order valence-electron chi connectivity index (χ4n) is 1.64. The van der Waals surface area contributed by atoms with Crippen LogP contribution in [0, 0.1) is 10.1 Å². The molecule has 2 aromatic rings. The van der Waals surface area contributed by atoms with E-state index in [1.165, 1.54) is 23.9 Å². The van der Waals surface area contributed by atoms with Crippen molar-refractivity contribution in [3.05, 3.63) is 58.4 Å². The quantitative estimate of drug-likeness (QED) is 0.364. The number of aryl methyl sites for hydroxylation is 1. The fourth-order valence-corrected chi connectivity index (χ4v) is 2.41. The van der Waals surface area contributed by atoms with E-state index in [0.717, 1.165) is 4.90 Å². The van der Waals surface area contributed by atoms with Gasteiger partial charge in [-0.15, -0.1) is 11.8 Å². The maximum absolute atomic E-state index is 11.9. The molecule has 0 saturated carbocycles. The normalized spacial score (nSPS) is 10.4. The molecule has 0 saturated heterocycles. The molecule has 0 aliphatic carbocycles. The lowest BCUT2D eigenvalue weighted by Crippen LogP contribution is -2.07. The number of Topliss-reactive ketones (excluding diaryl/α,β-unsaturated/α-hetero) is 1. The number of non-ortho nitro benzene ring substituents is 1. The predicted molar refractivity (Wildman–Crippen MR) is 73.6 cm³/mol. The van der Waals surface area contributed by atoms with Crippen LogP contribution >= 0.6 is 11.8 Å². The Hall–Kier alpha value is -2.08. The summed E-state index contributed by atoms with van der Waals surface area (Å²) in [6, 6.07) is 9.79. The zero-order valence-corrected chi connectivity index (χ0v) is 11.1. The van der Waals surface area contributed by atoms with Gasteiger partial charge in [0.1, 0.15) is 0 Å². The molecule has 0 spiro atoms. The van der Waals surface area contributed by atoms with E-state index in [0.29, 0.717) is 11.4 Å². The van der Waals surface area contributed by atoms with E-state index < -0.39 is 4.92 Å². The highest BCUT2D eigenvalue weighted by Gasteiger charge is 2.10. The molecule has 0 fully saturated rings. The first-order chi connectivity index (χ1) is 9.08. The van der Waals surface area contributed by atoms with Gasteiger partial charge in [-0.2, -0.15) is 0 Å². The topological polar surface area (TPSA) is 65.1 Å². The second kappa shape index (κ2) is 5.71. The van der Waals surface area contributed by atoms with Crippen LogP contribution < -0.4 is 0 Å². The summed E-state index contributed by atoms with van der Waals surface area (Å²) in [5.41, 5.74) is 0.715. The molecular formula is C13H12N2O3S. The van der Waals surface area contributed by atoms with Crippen LogP contribution in [0.5, 0.6) is 0 Å². The van der Waals surface area contributed by atoms with Crippen molar-refractivity contribution in [3.63, 3.8) is 0 Å². The monoisotopic (exact) mass is 276 g/mol. The first kappa shape index (κ1) is 13.4. The minimum Gasteiger partial charge on any atom is -0.348 e. The maximum atomic E-state index is 11.9. The van der Waals surface area contributed by atoms with Crippen molar-refractivity contribution < 1.29 is 9.72 Å². The zero-order valence-electron chi connectivity index (χ0n) is 10.3. The lowest BCUT2D eigenvalue weighted by Gasteiger charge is -2.03. The highest BCUT2D eigenvalue weighted by atomic mass is 32.2. The van der Waals surface area contributed by atoms with Crippen molar-refractivity contribution in [2.24, 2.45) is 7.05 Å². The Morgan fingerprint density at radius 2 is 2.00 bits per heavy atom. The molecule has 1 heterocycles. The second-order valence-corrected chi connectivity index (χ2v) is 5.02. The van der Waals surface area contributed by atoms with Crippen LogP contribution in [0.4, 0.5) is 5.69 Å². The van der Waals surface area contributed by atoms with Crippen LogP contribution in [0.1, 0.15) is 10.5 Å². The Morgan fingerprint density at radius 3 is 2.53 bits per heavy atom. The molecule has 0 unspecified atom stereocenters. The Labute approximate surface area is 114 Å². The summed E-state index contributed by atoms with van der Waals surface area (Å²) < 4.78 is 1.78. The number of nitro benzene ring substituents is 1. The molecule has 0 N–H and O–H groups in total. The number of nitrogens with zero attached hydrogens (tertiary/aromatic N) is 2. The number of carbonyl (C=O) groups excluding carboxylic acids is 1. The predicted octanol–water partition coefficient (Wildman–Crippen LogP) is 2.91. The summed E-state index contributed by atoms with van der Waals surface area (Å²) in [5, 5.41) is 10.5. The number of carbonyl (C=O) groups is 1. The summed E-state index contributed by atoms with van der Waals surface area (Å²) >= 11 is 1.37. The molecule has 5 nitrogen and oxygen atoms in total. The van der Waals surface area contributed by atoms with Gasteiger partial charge in [-0.05, 0) is 24.3 Å². The lowest BCUT2D eigenvalue weighted by atomic mass is 10.3. The summed E-state index contributed by atoms with van der Waals surface area (Å²) in [6.07, 6.45) is 1.82. The molecule has 0 bridgehead atoms. The average molecular weight is 276 g/mol. The molecule has 0 radical (unpaired) electrons. The van der Waals surface area contributed by atoms with Crippen LogP contribution in [0.3, 0.4) is 0 Å². The third-order valence-corrected chi connectivity index (χ3v) is 3.66. The van der Waals surface area contributed by atoms with Gasteiger partial charge >= 0.3 is 0 Å². The van der Waals surface area contributed by atoms with Gasteiger partial charge in [-0.25, -0.2) is 0 Å². The molecule has 0 atom stereocenters. The van der Waals surface area contributed by atoms with E-state index >= 15 is 0 Å². The van der Waals surface area contributed by atoms with Gasteiger partial charge in [0.15, 0.2) is 5.78 Å². The highest BCUT2D eigenvalue weighted by molar-refractivity contribution is 8.00. The van der Waals surface area contributed by atoms with Crippen LogP contribution in [0.25, 0.3) is 0 Å². The van der Waals surface area contributed by atoms with Gasteiger partial charge < -0.3 is 4.57 Å². The first-order valence-electron chi connectivity index (χ1n) is 5.59. The number of hydrogen-bond acceptors (Lipinski definition) is 4. The van der Waals surface area contributed by atoms with Crippen LogP contribution in [-0.4, -0.2) is 21.0 Å². The summed E-state index contributed by atoms with van der Waals surface area (Å²) in [4.78, 5) is 22.8. The van der Waals surface area contributed by atoms with E-state index in [1.54, 1.807) is 22.8 Å². The van der Waals surface area contributed by atoms with Crippen LogP contribution in [0.15, 0.2) is 47.5 Å². The molecule has 0 aliphatic heterocycles. The number of hydrogen-bond donors (Lipinski definition) is 0. The molecule has 0 aliphatic rings. The molecule has 1 aromatic heterocycles. The number of benzene rings is 1. The van der Waals surface area contributed by atoms with Gasteiger partial charge in [-0.3, -0.25) is 14.9 Å². The lowest BCUT2D eigenvalue weighted by molar-refractivity contribution is -0.384. The van der Waals surface area contributed by atoms with Crippen molar-refractivity contribution in [1.29, 1.82) is 0 Å². The van der Waals surface area contributed by atoms with Gasteiger partial charge in [0, 0.05) is 30.3 Å². The van der Waals surface area contributed by atoms with E-state index in [-0.39, 0.29) is 11.5 Å². The number of nitro groups is 1. The standard InChI is InChI=1S/C13H12N2O3S/c1-14-8-2-3-12(14)13(16)9-19-11-6-4-10(5-7-11)15(17)18/h2-8H,9H2,1H3. The molecule has 6 heteroatoms. The fraction of sp³-hybridized carbons (Fsp3) is 0.154. The number of ketones is 1. The third kappa shape index (κ3) is 3.23. The highest BCUT2D eigenvalue weighted by Crippen LogP contribution is 2.22. The molecule has 98 valence electrons. The SMILES string of the molecule is Cn1cccc1C(=O)CSc1ccc([N+](=O)[O-])cc1. The summed E-state index contributed by atoms with van der Waals surface area (Å²) in [7, 11) is 1.82. The summed E-state index contributed by atoms with van der Waals surface area (Å²) in [5.74, 6) is 0.353. The Kier molecular flexibility index (Phi) is 4.01. The summed E-state index contributed by atoms with van der Waals surface area (Å²) in [6.45, 7) is 0. The van der Waals surface area contributed by atoms with Gasteiger partial charge in [0.25, 0.3) is 5.69 Å². The molecular weight excluding hydrogens is 264 g/mol. The zero-order chi connectivity index (χ0) is 13.8. The molecule has 0 amide bonds. The molecule has 2 rings (SSSR count). The number of aromatic nitrogens is 1. The molecule has 19 heavy (non-hydrogen) atoms. The smallest absolute Gasteiger partial charge is 0.269 e. The number of thioether (sulfide) groups is 1.